The molecular formula is C4H10Cl3NO2S. The summed E-state index contributed by atoms with van der Waals surface area (Å²) in [5.74, 6) is 0.792. The molecule has 0 aliphatic carbocycles. The molecule has 0 bridgehead atoms. The quantitative estimate of drug-likeness (QED) is 0.308. The summed E-state index contributed by atoms with van der Waals surface area (Å²) in [6.45, 7) is 0.684. The molecule has 0 saturated carbocycles. The van der Waals surface area contributed by atoms with E-state index in [9.17, 15) is 0 Å². The summed E-state index contributed by atoms with van der Waals surface area (Å²) in [5.41, 5.74) is 4.95. The molecular weight excluding hydrogens is 232 g/mol. The second-order valence-corrected chi connectivity index (χ2v) is 4.24. The molecule has 0 aromatic heterocycles. The van der Waals surface area contributed by atoms with Gasteiger partial charge in [0.15, 0.2) is 6.29 Å². The van der Waals surface area contributed by atoms with Gasteiger partial charge in [-0.05, 0) is 0 Å². The minimum atomic E-state index is -1.97. The largest absolute Gasteiger partial charge is 0.365 e. The minimum absolute atomic E-state index is 0.684. The first-order valence-corrected chi connectivity index (χ1v) is 4.36. The van der Waals surface area contributed by atoms with Crippen LogP contribution in [0.3, 0.4) is 0 Å². The van der Waals surface area contributed by atoms with Crippen LogP contribution in [0.15, 0.2) is 0 Å². The summed E-state index contributed by atoms with van der Waals surface area (Å²) in [4.78, 5) is 0. The van der Waals surface area contributed by atoms with E-state index in [-0.39, 0.29) is 0 Å². The zero-order valence-electron chi connectivity index (χ0n) is 5.54. The van der Waals surface area contributed by atoms with Gasteiger partial charge in [-0.2, -0.15) is 12.6 Å². The van der Waals surface area contributed by atoms with E-state index >= 15 is 0 Å². The lowest BCUT2D eigenvalue weighted by molar-refractivity contribution is -0.0355. The van der Waals surface area contributed by atoms with Crippen molar-refractivity contribution < 1.29 is 10.2 Å². The molecule has 0 amide bonds. The van der Waals surface area contributed by atoms with Crippen LogP contribution in [0.4, 0.5) is 0 Å². The van der Waals surface area contributed by atoms with Crippen LogP contribution in [0.5, 0.6) is 0 Å². The van der Waals surface area contributed by atoms with Gasteiger partial charge in [0.1, 0.15) is 0 Å². The van der Waals surface area contributed by atoms with Crippen LogP contribution in [0, 0.1) is 0 Å². The topological polar surface area (TPSA) is 66.5 Å². The SMILES string of the molecule is NCCS.OC(O)C(Cl)(Cl)Cl. The third-order valence-corrected chi connectivity index (χ3v) is 1.27. The Morgan fingerprint density at radius 1 is 1.36 bits per heavy atom. The summed E-state index contributed by atoms with van der Waals surface area (Å²) in [7, 11) is 0. The van der Waals surface area contributed by atoms with Crippen LogP contribution < -0.4 is 5.73 Å². The Morgan fingerprint density at radius 3 is 1.55 bits per heavy atom. The Labute approximate surface area is 85.8 Å². The third-order valence-electron chi connectivity index (χ3n) is 0.422. The van der Waals surface area contributed by atoms with Gasteiger partial charge in [-0.25, -0.2) is 0 Å². The highest BCUT2D eigenvalue weighted by molar-refractivity contribution is 7.80. The molecule has 0 fully saturated rings. The predicted octanol–water partition coefficient (Wildman–Crippen LogP) is 0.542. The van der Waals surface area contributed by atoms with E-state index in [0.29, 0.717) is 6.54 Å². The molecule has 11 heavy (non-hydrogen) atoms. The van der Waals surface area contributed by atoms with Crippen LogP contribution in [0.25, 0.3) is 0 Å². The fourth-order valence-electron chi connectivity index (χ4n) is 0. The Balaban J connectivity index is 0. The van der Waals surface area contributed by atoms with Crippen molar-refractivity contribution in [1.29, 1.82) is 0 Å². The number of aliphatic hydroxyl groups excluding tert-OH is 1. The molecule has 0 heterocycles. The first-order chi connectivity index (χ1) is 4.86. The third kappa shape index (κ3) is 14.0. The smallest absolute Gasteiger partial charge is 0.240 e. The van der Waals surface area contributed by atoms with Crippen molar-refractivity contribution in [3.63, 3.8) is 0 Å². The number of aliphatic hydroxyl groups is 2. The number of rotatable bonds is 1. The number of hydrogen-bond donors (Lipinski definition) is 4. The van der Waals surface area contributed by atoms with E-state index in [1.807, 2.05) is 0 Å². The van der Waals surface area contributed by atoms with Crippen LogP contribution in [0.1, 0.15) is 0 Å². The Kier molecular flexibility index (Phi) is 10.3. The molecule has 3 nitrogen and oxygen atoms in total. The van der Waals surface area contributed by atoms with Crippen molar-refractivity contribution in [3.05, 3.63) is 0 Å². The van der Waals surface area contributed by atoms with Crippen molar-refractivity contribution >= 4 is 47.4 Å². The fourth-order valence-corrected chi connectivity index (χ4v) is 0. The van der Waals surface area contributed by atoms with E-state index in [1.54, 1.807) is 0 Å². The molecule has 7 heteroatoms. The maximum atomic E-state index is 8.05. The molecule has 70 valence electrons. The van der Waals surface area contributed by atoms with Gasteiger partial charge in [0.25, 0.3) is 0 Å². The van der Waals surface area contributed by atoms with E-state index in [0.717, 1.165) is 5.75 Å². The highest BCUT2D eigenvalue weighted by atomic mass is 35.6. The van der Waals surface area contributed by atoms with Crippen LogP contribution in [-0.2, 0) is 0 Å². The number of thiol groups is 1. The van der Waals surface area contributed by atoms with Crippen LogP contribution in [-0.4, -0.2) is 32.6 Å². The van der Waals surface area contributed by atoms with Gasteiger partial charge >= 0.3 is 0 Å². The van der Waals surface area contributed by atoms with E-state index in [2.05, 4.69) is 12.6 Å². The molecule has 4 N–H and O–H groups in total. The highest BCUT2D eigenvalue weighted by Gasteiger charge is 2.28. The molecule has 0 spiro atoms. The van der Waals surface area contributed by atoms with Gasteiger partial charge in [0.05, 0.1) is 0 Å². The first kappa shape index (κ1) is 14.6. The summed E-state index contributed by atoms with van der Waals surface area (Å²) in [6.07, 6.45) is -1.91. The molecule has 0 saturated heterocycles. The monoisotopic (exact) mass is 241 g/mol. The summed E-state index contributed by atoms with van der Waals surface area (Å²) >= 11 is 18.5. The standard InChI is InChI=1S/C2H3Cl3O2.C2H7NS/c3-2(4,5)1(6)7;3-1-2-4/h1,6-7H;4H,1-3H2. The van der Waals surface area contributed by atoms with Gasteiger partial charge in [-0.3, -0.25) is 0 Å². The summed E-state index contributed by atoms with van der Waals surface area (Å²) in [5, 5.41) is 16.1. The summed E-state index contributed by atoms with van der Waals surface area (Å²) in [6, 6.07) is 0. The van der Waals surface area contributed by atoms with Gasteiger partial charge in [-0.1, -0.05) is 34.8 Å². The Morgan fingerprint density at radius 2 is 1.55 bits per heavy atom. The van der Waals surface area contributed by atoms with E-state index in [4.69, 9.17) is 50.7 Å². The van der Waals surface area contributed by atoms with Crippen LogP contribution in [0.2, 0.25) is 0 Å². The normalized spacial score (nSPS) is 10.9. The fraction of sp³-hybridized carbons (Fsp3) is 1.00. The Bertz CT molecular complexity index is 85.9. The molecule has 0 aromatic carbocycles. The number of nitrogens with two attached hydrogens (primary N) is 1. The molecule has 0 aromatic rings. The number of halogens is 3. The molecule has 0 atom stereocenters. The highest BCUT2D eigenvalue weighted by Crippen LogP contribution is 2.28. The van der Waals surface area contributed by atoms with Gasteiger partial charge < -0.3 is 15.9 Å². The van der Waals surface area contributed by atoms with Gasteiger partial charge in [0, 0.05) is 12.3 Å². The lowest BCUT2D eigenvalue weighted by Crippen LogP contribution is -2.23. The Hall–Kier alpha value is 1.10. The molecule has 0 aliphatic heterocycles. The minimum Gasteiger partial charge on any atom is -0.365 e. The maximum Gasteiger partial charge on any atom is 0.240 e. The van der Waals surface area contributed by atoms with Crippen molar-refractivity contribution in [2.45, 2.75) is 10.1 Å². The number of hydrogen-bond acceptors (Lipinski definition) is 4. The van der Waals surface area contributed by atoms with Crippen molar-refractivity contribution in [2.75, 3.05) is 12.3 Å². The average Bonchev–Trinajstić information content (AvgIpc) is 1.87. The zero-order chi connectivity index (χ0) is 9.49. The lowest BCUT2D eigenvalue weighted by atomic mass is 10.8. The van der Waals surface area contributed by atoms with E-state index in [1.165, 1.54) is 0 Å². The second-order valence-electron chi connectivity index (χ2n) is 1.43. The zero-order valence-corrected chi connectivity index (χ0v) is 8.71. The lowest BCUT2D eigenvalue weighted by Gasteiger charge is -2.10. The number of alkyl halides is 3. The van der Waals surface area contributed by atoms with Crippen molar-refractivity contribution in [3.8, 4) is 0 Å². The van der Waals surface area contributed by atoms with E-state index < -0.39 is 10.1 Å². The average molecular weight is 243 g/mol. The van der Waals surface area contributed by atoms with Gasteiger partial charge in [-0.15, -0.1) is 0 Å². The van der Waals surface area contributed by atoms with Crippen molar-refractivity contribution in [2.24, 2.45) is 5.73 Å². The molecule has 0 rings (SSSR count). The second kappa shape index (κ2) is 7.73. The molecule has 0 aliphatic rings. The molecule has 0 unspecified atom stereocenters. The van der Waals surface area contributed by atoms with Crippen molar-refractivity contribution in [1.82, 2.24) is 0 Å². The summed E-state index contributed by atoms with van der Waals surface area (Å²) < 4.78 is -1.97. The maximum absolute atomic E-state index is 8.05. The predicted molar refractivity (Wildman–Crippen MR) is 51.4 cm³/mol. The van der Waals surface area contributed by atoms with Gasteiger partial charge in [0.2, 0.25) is 3.79 Å². The molecule has 0 radical (unpaired) electrons. The van der Waals surface area contributed by atoms with Crippen LogP contribution >= 0.6 is 47.4 Å². The first-order valence-electron chi connectivity index (χ1n) is 2.60.